The van der Waals surface area contributed by atoms with Gasteiger partial charge in [-0.25, -0.2) is 0 Å². The molecule has 6 N–H and O–H groups in total. The van der Waals surface area contributed by atoms with Gasteiger partial charge in [-0.2, -0.15) is 0 Å². The molecule has 0 aromatic carbocycles. The number of allylic oxidation sites excluding steroid dienone is 9. The third kappa shape index (κ3) is 50.7. The van der Waals surface area contributed by atoms with Gasteiger partial charge in [-0.15, -0.1) is 0 Å². The number of esters is 1. The van der Waals surface area contributed by atoms with E-state index in [1.54, 1.807) is 6.08 Å². The summed E-state index contributed by atoms with van der Waals surface area (Å²) in [5.74, 6) is -1.18. The molecule has 0 bridgehead atoms. The quantitative estimate of drug-likeness (QED) is 0.0195. The highest BCUT2D eigenvalue weighted by Gasteiger charge is 2.47. The Labute approximate surface area is 535 Å². The van der Waals surface area contributed by atoms with Gasteiger partial charge in [0.15, 0.2) is 12.4 Å². The van der Waals surface area contributed by atoms with Crippen LogP contribution in [0, 0.1) is 0 Å². The van der Waals surface area contributed by atoms with Crippen LogP contribution in [-0.4, -0.2) is 99.6 Å². The van der Waals surface area contributed by atoms with Crippen LogP contribution in [0.5, 0.6) is 0 Å². The van der Waals surface area contributed by atoms with Crippen molar-refractivity contribution in [1.29, 1.82) is 0 Å². The first-order chi connectivity index (χ1) is 42.7. The molecular weight excluding hydrogens is 1090 g/mol. The molecule has 1 heterocycles. The number of hydrogen-bond donors (Lipinski definition) is 6. The first-order valence-electron chi connectivity index (χ1n) is 37.1. The molecule has 0 aliphatic carbocycles. The SMILES string of the molecule is CCCCC/C=C\C/C=C\CCCCCCCCCCCCCCCCC(O)C(=O)NC(COC1OC(CO)C(O)C(O)C1OC(=O)CCCCCCCCCCCCC/C=C\C/C=C\CCCCC)C(O)/C=C/CCCCCCCCCCCCC. The average molecular weight is 1230 g/mol. The summed E-state index contributed by atoms with van der Waals surface area (Å²) in [6, 6.07) is -1.03. The number of unbranched alkanes of at least 4 members (excludes halogenated alkanes) is 42. The fourth-order valence-electron chi connectivity index (χ4n) is 11.5. The van der Waals surface area contributed by atoms with Crippen molar-refractivity contribution in [2.45, 2.75) is 397 Å². The number of rotatable bonds is 64. The monoisotopic (exact) mass is 1230 g/mol. The number of nitrogens with one attached hydrogen (secondary N) is 1. The van der Waals surface area contributed by atoms with Crippen molar-refractivity contribution < 1.29 is 49.3 Å². The lowest BCUT2D eigenvalue weighted by Crippen LogP contribution is -2.61. The zero-order valence-corrected chi connectivity index (χ0v) is 56.6. The van der Waals surface area contributed by atoms with Crippen molar-refractivity contribution in [2.75, 3.05) is 13.2 Å². The fourth-order valence-corrected chi connectivity index (χ4v) is 11.5. The second-order valence-electron chi connectivity index (χ2n) is 25.7. The van der Waals surface area contributed by atoms with E-state index in [0.717, 1.165) is 70.6 Å². The molecule has 1 aliphatic heterocycles. The molecule has 11 nitrogen and oxygen atoms in total. The van der Waals surface area contributed by atoms with Crippen molar-refractivity contribution in [3.05, 3.63) is 60.8 Å². The molecule has 8 atom stereocenters. The van der Waals surface area contributed by atoms with Crippen LogP contribution in [0.1, 0.15) is 348 Å². The van der Waals surface area contributed by atoms with Crippen LogP contribution in [0.25, 0.3) is 0 Å². The fraction of sp³-hybridized carbons (Fsp3) is 0.842. The molecule has 1 rings (SSSR count). The van der Waals surface area contributed by atoms with Gasteiger partial charge in [-0.3, -0.25) is 9.59 Å². The van der Waals surface area contributed by atoms with Crippen LogP contribution in [0.4, 0.5) is 0 Å². The minimum Gasteiger partial charge on any atom is -0.454 e. The lowest BCUT2D eigenvalue weighted by Gasteiger charge is -2.41. The maximum absolute atomic E-state index is 13.5. The van der Waals surface area contributed by atoms with Crippen molar-refractivity contribution >= 4 is 11.9 Å². The minimum absolute atomic E-state index is 0.122. The van der Waals surface area contributed by atoms with Gasteiger partial charge in [0.1, 0.15) is 24.4 Å². The van der Waals surface area contributed by atoms with Crippen LogP contribution in [0.3, 0.4) is 0 Å². The van der Waals surface area contributed by atoms with E-state index in [9.17, 15) is 35.1 Å². The second kappa shape index (κ2) is 63.5. The second-order valence-corrected chi connectivity index (χ2v) is 25.7. The topological polar surface area (TPSA) is 175 Å². The van der Waals surface area contributed by atoms with Crippen molar-refractivity contribution in [3.63, 3.8) is 0 Å². The maximum atomic E-state index is 13.5. The highest BCUT2D eigenvalue weighted by molar-refractivity contribution is 5.80. The van der Waals surface area contributed by atoms with E-state index >= 15 is 0 Å². The number of aliphatic hydroxyl groups is 5. The van der Waals surface area contributed by atoms with Gasteiger partial charge in [0.05, 0.1) is 25.4 Å². The summed E-state index contributed by atoms with van der Waals surface area (Å²) in [6.07, 6.45) is 71.1. The maximum Gasteiger partial charge on any atom is 0.306 e. The Morgan fingerprint density at radius 3 is 1.20 bits per heavy atom. The molecule has 0 aromatic heterocycles. The number of carbonyl (C=O) groups excluding carboxylic acids is 2. The van der Waals surface area contributed by atoms with Crippen molar-refractivity contribution in [2.24, 2.45) is 0 Å². The van der Waals surface area contributed by atoms with Gasteiger partial charge >= 0.3 is 5.97 Å². The van der Waals surface area contributed by atoms with Crippen LogP contribution in [0.15, 0.2) is 60.8 Å². The summed E-state index contributed by atoms with van der Waals surface area (Å²) in [4.78, 5) is 26.7. The lowest BCUT2D eigenvalue weighted by atomic mass is 9.99. The van der Waals surface area contributed by atoms with Crippen molar-refractivity contribution in [3.8, 4) is 0 Å². The smallest absolute Gasteiger partial charge is 0.306 e. The molecule has 1 aliphatic rings. The van der Waals surface area contributed by atoms with Crippen LogP contribution >= 0.6 is 0 Å². The van der Waals surface area contributed by atoms with E-state index < -0.39 is 67.4 Å². The molecule has 1 amide bonds. The molecule has 0 saturated carbocycles. The summed E-state index contributed by atoms with van der Waals surface area (Å²) in [6.45, 7) is 5.79. The average Bonchev–Trinajstić information content (AvgIpc) is 1.53. The van der Waals surface area contributed by atoms with Gasteiger partial charge in [-0.05, 0) is 89.9 Å². The highest BCUT2D eigenvalue weighted by atomic mass is 16.7. The van der Waals surface area contributed by atoms with Gasteiger partial charge in [-0.1, -0.05) is 313 Å². The van der Waals surface area contributed by atoms with E-state index in [1.807, 2.05) is 6.08 Å². The first kappa shape index (κ1) is 82.4. The Kier molecular flexibility index (Phi) is 60.1. The molecule has 8 unspecified atom stereocenters. The predicted octanol–water partition coefficient (Wildman–Crippen LogP) is 19.3. The molecule has 87 heavy (non-hydrogen) atoms. The zero-order valence-electron chi connectivity index (χ0n) is 56.6. The molecule has 0 radical (unpaired) electrons. The summed E-state index contributed by atoms with van der Waals surface area (Å²) in [7, 11) is 0. The molecular formula is C76H139NO10. The number of carbonyl (C=O) groups is 2. The first-order valence-corrected chi connectivity index (χ1v) is 37.1. The number of aliphatic hydroxyl groups excluding tert-OH is 5. The van der Waals surface area contributed by atoms with E-state index in [0.29, 0.717) is 19.3 Å². The van der Waals surface area contributed by atoms with E-state index in [-0.39, 0.29) is 13.0 Å². The summed E-state index contributed by atoms with van der Waals surface area (Å²) in [5, 5.41) is 57.3. The van der Waals surface area contributed by atoms with E-state index in [4.69, 9.17) is 14.2 Å². The largest absolute Gasteiger partial charge is 0.454 e. The number of amides is 1. The Morgan fingerprint density at radius 1 is 0.448 bits per heavy atom. The molecule has 508 valence electrons. The summed E-state index contributed by atoms with van der Waals surface area (Å²) < 4.78 is 17.7. The Morgan fingerprint density at radius 2 is 0.793 bits per heavy atom. The summed E-state index contributed by atoms with van der Waals surface area (Å²) in [5.41, 5.74) is 0. The third-order valence-corrected chi connectivity index (χ3v) is 17.4. The lowest BCUT2D eigenvalue weighted by molar-refractivity contribution is -0.305. The van der Waals surface area contributed by atoms with Gasteiger partial charge < -0.3 is 45.1 Å². The normalized spacial score (nSPS) is 18.6. The third-order valence-electron chi connectivity index (χ3n) is 17.4. The molecule has 11 heteroatoms. The van der Waals surface area contributed by atoms with E-state index in [2.05, 4.69) is 74.7 Å². The molecule has 0 spiro atoms. The minimum atomic E-state index is -1.62. The molecule has 1 fully saturated rings. The Bertz CT molecular complexity index is 1650. The van der Waals surface area contributed by atoms with Crippen molar-refractivity contribution in [1.82, 2.24) is 5.32 Å². The Hall–Kier alpha value is -2.64. The molecule has 1 saturated heterocycles. The number of hydrogen-bond acceptors (Lipinski definition) is 10. The standard InChI is InChI=1S/C76H139NO10/c1-4-7-10-13-16-19-22-25-27-29-31-33-34-35-37-38-40-42-45-48-51-54-57-60-63-69(80)75(84)77-67(68(79)62-59-56-53-50-47-44-24-21-18-15-12-9-6-3)66-85-76-74(73(83)72(82)70(65-78)86-76)87-71(81)64-61-58-55-52-49-46-43-41-39-36-32-30-28-26-23-20-17-14-11-8-5-2/h16-17,19-20,25-28,59,62,67-70,72-74,76,78-80,82-83H,4-15,18,21-24,29-58,60-61,63-66H2,1-3H3,(H,77,84)/b19-16-,20-17-,27-25-,28-26-,62-59+. The zero-order chi connectivity index (χ0) is 63.1. The van der Waals surface area contributed by atoms with Crippen LogP contribution in [-0.2, 0) is 23.8 Å². The molecule has 0 aromatic rings. The van der Waals surface area contributed by atoms with Gasteiger partial charge in [0.2, 0.25) is 5.91 Å². The van der Waals surface area contributed by atoms with Crippen LogP contribution < -0.4 is 5.32 Å². The van der Waals surface area contributed by atoms with Gasteiger partial charge in [0.25, 0.3) is 0 Å². The van der Waals surface area contributed by atoms with E-state index in [1.165, 1.54) is 231 Å². The van der Waals surface area contributed by atoms with Crippen LogP contribution in [0.2, 0.25) is 0 Å². The predicted molar refractivity (Wildman–Crippen MR) is 366 cm³/mol. The van der Waals surface area contributed by atoms with Gasteiger partial charge in [0, 0.05) is 6.42 Å². The Balaban J connectivity index is 2.56. The number of ether oxygens (including phenoxy) is 3. The summed E-state index contributed by atoms with van der Waals surface area (Å²) >= 11 is 0. The highest BCUT2D eigenvalue weighted by Crippen LogP contribution is 2.26.